The van der Waals surface area contributed by atoms with E-state index in [2.05, 4.69) is 25.5 Å². The van der Waals surface area contributed by atoms with Gasteiger partial charge in [0.05, 0.1) is 0 Å². The Labute approximate surface area is 90.9 Å². The summed E-state index contributed by atoms with van der Waals surface area (Å²) in [7, 11) is 5.83. The number of rotatable bonds is 5. The first-order valence-electron chi connectivity index (χ1n) is 5.06. The van der Waals surface area contributed by atoms with Gasteiger partial charge in [-0.05, 0) is 14.0 Å². The van der Waals surface area contributed by atoms with Gasteiger partial charge in [-0.1, -0.05) is 0 Å². The van der Waals surface area contributed by atoms with Gasteiger partial charge in [0.1, 0.15) is 17.5 Å². The largest absolute Gasteiger partial charge is 0.373 e. The highest BCUT2D eigenvalue weighted by Crippen LogP contribution is 2.13. The highest BCUT2D eigenvalue weighted by molar-refractivity contribution is 5.48. The maximum Gasteiger partial charge on any atom is 0.134 e. The summed E-state index contributed by atoms with van der Waals surface area (Å²) in [5, 5.41) is 6.14. The normalized spacial score (nSPS) is 10.1. The van der Waals surface area contributed by atoms with E-state index in [4.69, 9.17) is 0 Å². The van der Waals surface area contributed by atoms with E-state index in [1.807, 2.05) is 34.1 Å². The lowest BCUT2D eigenvalue weighted by atomic mass is 10.4. The lowest BCUT2D eigenvalue weighted by Crippen LogP contribution is -2.28. The molecule has 84 valence electrons. The zero-order valence-corrected chi connectivity index (χ0v) is 9.83. The van der Waals surface area contributed by atoms with Crippen molar-refractivity contribution in [3.05, 3.63) is 11.9 Å². The zero-order chi connectivity index (χ0) is 11.3. The van der Waals surface area contributed by atoms with E-state index in [-0.39, 0.29) is 0 Å². The third-order valence-electron chi connectivity index (χ3n) is 2.17. The van der Waals surface area contributed by atoms with Crippen LogP contribution < -0.4 is 15.5 Å². The van der Waals surface area contributed by atoms with Crippen LogP contribution in [0.15, 0.2) is 6.07 Å². The Hall–Kier alpha value is -1.36. The van der Waals surface area contributed by atoms with E-state index in [0.29, 0.717) is 0 Å². The lowest BCUT2D eigenvalue weighted by Gasteiger charge is -2.18. The van der Waals surface area contributed by atoms with Gasteiger partial charge in [0, 0.05) is 33.3 Å². The number of aromatic nitrogens is 2. The van der Waals surface area contributed by atoms with Gasteiger partial charge >= 0.3 is 0 Å². The molecule has 0 aliphatic heterocycles. The van der Waals surface area contributed by atoms with Crippen LogP contribution in [0.2, 0.25) is 0 Å². The Morgan fingerprint density at radius 2 is 2.07 bits per heavy atom. The van der Waals surface area contributed by atoms with Gasteiger partial charge in [-0.25, -0.2) is 9.97 Å². The van der Waals surface area contributed by atoms with Crippen LogP contribution in [0.1, 0.15) is 5.82 Å². The topological polar surface area (TPSA) is 53.1 Å². The average molecular weight is 209 g/mol. The van der Waals surface area contributed by atoms with E-state index in [9.17, 15) is 0 Å². The zero-order valence-electron chi connectivity index (χ0n) is 9.83. The number of aryl methyl sites for hydroxylation is 1. The minimum atomic E-state index is 0.785. The third kappa shape index (κ3) is 3.36. The molecule has 0 amide bonds. The van der Waals surface area contributed by atoms with Crippen molar-refractivity contribution in [1.82, 2.24) is 15.3 Å². The molecule has 0 aromatic carbocycles. The minimum Gasteiger partial charge on any atom is -0.373 e. The molecule has 1 aromatic heterocycles. The van der Waals surface area contributed by atoms with Gasteiger partial charge < -0.3 is 15.5 Å². The first kappa shape index (κ1) is 11.7. The Kier molecular flexibility index (Phi) is 4.30. The second-order valence-corrected chi connectivity index (χ2v) is 3.43. The summed E-state index contributed by atoms with van der Waals surface area (Å²) < 4.78 is 0. The number of likely N-dealkylation sites (N-methyl/N-ethyl adjacent to an activating group) is 2. The monoisotopic (exact) mass is 209 g/mol. The van der Waals surface area contributed by atoms with Crippen molar-refractivity contribution in [1.29, 1.82) is 0 Å². The Morgan fingerprint density at radius 3 is 2.67 bits per heavy atom. The summed E-state index contributed by atoms with van der Waals surface area (Å²) in [4.78, 5) is 10.7. The van der Waals surface area contributed by atoms with Gasteiger partial charge in [-0.3, -0.25) is 0 Å². The predicted molar refractivity (Wildman–Crippen MR) is 63.5 cm³/mol. The smallest absolute Gasteiger partial charge is 0.134 e. The molecule has 2 N–H and O–H groups in total. The molecule has 1 rings (SSSR count). The molecule has 15 heavy (non-hydrogen) atoms. The van der Waals surface area contributed by atoms with Crippen LogP contribution in [-0.4, -0.2) is 44.2 Å². The van der Waals surface area contributed by atoms with Gasteiger partial charge in [0.15, 0.2) is 0 Å². The number of anilines is 2. The van der Waals surface area contributed by atoms with Gasteiger partial charge in [-0.2, -0.15) is 0 Å². The van der Waals surface area contributed by atoms with E-state index in [1.54, 1.807) is 0 Å². The maximum absolute atomic E-state index is 4.38. The summed E-state index contributed by atoms with van der Waals surface area (Å²) >= 11 is 0. The SMILES string of the molecule is CNCCN(C)c1cc(NC)nc(C)n1. The van der Waals surface area contributed by atoms with E-state index >= 15 is 0 Å². The highest BCUT2D eigenvalue weighted by Gasteiger charge is 2.04. The molecule has 0 radical (unpaired) electrons. The molecular weight excluding hydrogens is 190 g/mol. The molecule has 0 saturated carbocycles. The standard InChI is InChI=1S/C10H19N5/c1-8-13-9(12-3)7-10(14-8)15(4)6-5-11-2/h7,11H,5-6H2,1-4H3,(H,12,13,14). The average Bonchev–Trinajstić information content (AvgIpc) is 2.24. The second-order valence-electron chi connectivity index (χ2n) is 3.43. The van der Waals surface area contributed by atoms with Gasteiger partial charge in [-0.15, -0.1) is 0 Å². The maximum atomic E-state index is 4.38. The van der Waals surface area contributed by atoms with E-state index < -0.39 is 0 Å². The van der Waals surface area contributed by atoms with E-state index in [1.165, 1.54) is 0 Å². The van der Waals surface area contributed by atoms with Crippen LogP contribution in [0.4, 0.5) is 11.6 Å². The Morgan fingerprint density at radius 1 is 1.33 bits per heavy atom. The number of nitrogens with zero attached hydrogens (tertiary/aromatic N) is 3. The second kappa shape index (κ2) is 5.50. The molecule has 1 aromatic rings. The van der Waals surface area contributed by atoms with Crippen LogP contribution in [0.5, 0.6) is 0 Å². The number of nitrogens with one attached hydrogen (secondary N) is 2. The summed E-state index contributed by atoms with van der Waals surface area (Å²) in [5.41, 5.74) is 0. The van der Waals surface area contributed by atoms with Crippen molar-refractivity contribution in [3.8, 4) is 0 Å². The first-order valence-corrected chi connectivity index (χ1v) is 5.06. The molecule has 5 heteroatoms. The van der Waals surface area contributed by atoms with Crippen molar-refractivity contribution in [3.63, 3.8) is 0 Å². The molecule has 0 atom stereocenters. The van der Waals surface area contributed by atoms with Crippen molar-refractivity contribution >= 4 is 11.6 Å². The fourth-order valence-corrected chi connectivity index (χ4v) is 1.27. The van der Waals surface area contributed by atoms with Crippen LogP contribution in [0, 0.1) is 6.92 Å². The van der Waals surface area contributed by atoms with Crippen LogP contribution >= 0.6 is 0 Å². The molecule has 0 unspecified atom stereocenters. The summed E-state index contributed by atoms with van der Waals surface area (Å²) in [5.74, 6) is 2.59. The first-order chi connectivity index (χ1) is 7.17. The van der Waals surface area contributed by atoms with Crippen molar-refractivity contribution in [2.45, 2.75) is 6.92 Å². The molecular formula is C10H19N5. The molecule has 0 spiro atoms. The fourth-order valence-electron chi connectivity index (χ4n) is 1.27. The molecule has 0 saturated heterocycles. The van der Waals surface area contributed by atoms with Crippen LogP contribution in [-0.2, 0) is 0 Å². The molecule has 0 fully saturated rings. The lowest BCUT2D eigenvalue weighted by molar-refractivity contribution is 0.759. The molecule has 0 bridgehead atoms. The molecule has 0 aliphatic rings. The minimum absolute atomic E-state index is 0.785. The molecule has 0 aliphatic carbocycles. The number of hydrogen-bond acceptors (Lipinski definition) is 5. The predicted octanol–water partition coefficient (Wildman–Crippen LogP) is 0.482. The quantitative estimate of drug-likeness (QED) is 0.739. The molecule has 5 nitrogen and oxygen atoms in total. The van der Waals surface area contributed by atoms with Gasteiger partial charge in [0.25, 0.3) is 0 Å². The van der Waals surface area contributed by atoms with Crippen molar-refractivity contribution in [2.24, 2.45) is 0 Å². The van der Waals surface area contributed by atoms with E-state index in [0.717, 1.165) is 30.5 Å². The van der Waals surface area contributed by atoms with Crippen molar-refractivity contribution < 1.29 is 0 Å². The summed E-state index contributed by atoms with van der Waals surface area (Å²) in [6, 6.07) is 1.95. The van der Waals surface area contributed by atoms with Crippen LogP contribution in [0.25, 0.3) is 0 Å². The Balaban J connectivity index is 2.78. The summed E-state index contributed by atoms with van der Waals surface area (Å²) in [6.07, 6.45) is 0. The fraction of sp³-hybridized carbons (Fsp3) is 0.600. The molecule has 1 heterocycles. The van der Waals surface area contributed by atoms with Crippen LogP contribution in [0.3, 0.4) is 0 Å². The summed E-state index contributed by atoms with van der Waals surface area (Å²) in [6.45, 7) is 3.76. The van der Waals surface area contributed by atoms with Gasteiger partial charge in [0.2, 0.25) is 0 Å². The Bertz CT molecular complexity index is 313. The van der Waals surface area contributed by atoms with Crippen molar-refractivity contribution in [2.75, 3.05) is 44.4 Å². The number of hydrogen-bond donors (Lipinski definition) is 2. The third-order valence-corrected chi connectivity index (χ3v) is 2.17. The highest BCUT2D eigenvalue weighted by atomic mass is 15.2.